The topological polar surface area (TPSA) is 126 Å². The van der Waals surface area contributed by atoms with Crippen molar-refractivity contribution in [1.29, 1.82) is 0 Å². The standard InChI is InChI=1S/C12H13N3O5/c1-5-3-7(9-6(2)15-20-11(9)14-5)10(17)13-4-8(16)12(18)19/h3,8,16H,4H2,1-2H3,(H,13,17)(H,18,19). The van der Waals surface area contributed by atoms with Crippen LogP contribution in [0.25, 0.3) is 11.1 Å². The molecule has 0 radical (unpaired) electrons. The van der Waals surface area contributed by atoms with Crippen LogP contribution in [0.4, 0.5) is 0 Å². The maximum Gasteiger partial charge on any atom is 0.334 e. The van der Waals surface area contributed by atoms with Crippen LogP contribution in [0, 0.1) is 13.8 Å². The van der Waals surface area contributed by atoms with Crippen LogP contribution in [0.15, 0.2) is 10.6 Å². The molecule has 0 saturated carbocycles. The van der Waals surface area contributed by atoms with Gasteiger partial charge in [0.25, 0.3) is 11.6 Å². The van der Waals surface area contributed by atoms with Crippen molar-refractivity contribution in [3.63, 3.8) is 0 Å². The third-order valence-corrected chi connectivity index (χ3v) is 2.73. The van der Waals surface area contributed by atoms with E-state index in [0.717, 1.165) is 0 Å². The van der Waals surface area contributed by atoms with E-state index in [4.69, 9.17) is 14.7 Å². The maximum absolute atomic E-state index is 12.1. The molecule has 8 heteroatoms. The first kappa shape index (κ1) is 13.9. The van der Waals surface area contributed by atoms with Gasteiger partial charge in [-0.15, -0.1) is 0 Å². The molecule has 2 aromatic heterocycles. The van der Waals surface area contributed by atoms with Gasteiger partial charge in [0.1, 0.15) is 0 Å². The summed E-state index contributed by atoms with van der Waals surface area (Å²) in [5.74, 6) is -1.92. The zero-order valence-corrected chi connectivity index (χ0v) is 10.9. The van der Waals surface area contributed by atoms with Gasteiger partial charge >= 0.3 is 5.97 Å². The monoisotopic (exact) mass is 279 g/mol. The molecule has 20 heavy (non-hydrogen) atoms. The van der Waals surface area contributed by atoms with E-state index in [2.05, 4.69) is 15.5 Å². The molecule has 0 aliphatic rings. The first-order chi connectivity index (χ1) is 9.40. The highest BCUT2D eigenvalue weighted by Crippen LogP contribution is 2.21. The third kappa shape index (κ3) is 2.59. The van der Waals surface area contributed by atoms with Crippen LogP contribution in [-0.4, -0.2) is 44.9 Å². The van der Waals surface area contributed by atoms with Gasteiger partial charge in [-0.2, -0.15) is 0 Å². The normalized spacial score (nSPS) is 12.3. The SMILES string of the molecule is Cc1cc(C(=O)NCC(O)C(=O)O)c2c(C)noc2n1. The number of hydrogen-bond acceptors (Lipinski definition) is 6. The fourth-order valence-corrected chi connectivity index (χ4v) is 1.77. The summed E-state index contributed by atoms with van der Waals surface area (Å²) in [5, 5.41) is 24.3. The number of nitrogens with zero attached hydrogens (tertiary/aromatic N) is 2. The second-order valence-electron chi connectivity index (χ2n) is 4.32. The Labute approximate surface area is 113 Å². The Morgan fingerprint density at radius 1 is 1.45 bits per heavy atom. The number of nitrogens with one attached hydrogen (secondary N) is 1. The fraction of sp³-hybridized carbons (Fsp3) is 0.333. The maximum atomic E-state index is 12.1. The molecule has 1 unspecified atom stereocenters. The van der Waals surface area contributed by atoms with E-state index in [1.54, 1.807) is 19.9 Å². The van der Waals surface area contributed by atoms with E-state index in [1.807, 2.05) is 0 Å². The molecule has 106 valence electrons. The Bertz CT molecular complexity index is 679. The average Bonchev–Trinajstić information content (AvgIpc) is 2.75. The van der Waals surface area contributed by atoms with Crippen molar-refractivity contribution in [3.05, 3.63) is 23.0 Å². The molecule has 1 atom stereocenters. The van der Waals surface area contributed by atoms with Crippen molar-refractivity contribution in [1.82, 2.24) is 15.5 Å². The van der Waals surface area contributed by atoms with Gasteiger partial charge in [0, 0.05) is 5.69 Å². The van der Waals surface area contributed by atoms with Crippen LogP contribution >= 0.6 is 0 Å². The van der Waals surface area contributed by atoms with Crippen LogP contribution in [0.2, 0.25) is 0 Å². The molecule has 3 N–H and O–H groups in total. The summed E-state index contributed by atoms with van der Waals surface area (Å²) in [6.45, 7) is 2.98. The lowest BCUT2D eigenvalue weighted by atomic mass is 10.1. The van der Waals surface area contributed by atoms with Gasteiger partial charge in [-0.3, -0.25) is 4.79 Å². The van der Waals surface area contributed by atoms with Gasteiger partial charge in [-0.25, -0.2) is 9.78 Å². The third-order valence-electron chi connectivity index (χ3n) is 2.73. The Morgan fingerprint density at radius 2 is 2.15 bits per heavy atom. The minimum Gasteiger partial charge on any atom is -0.479 e. The summed E-state index contributed by atoms with van der Waals surface area (Å²) in [7, 11) is 0. The number of carboxylic acid groups (broad SMARTS) is 1. The molecule has 2 rings (SSSR count). The van der Waals surface area contributed by atoms with Crippen LogP contribution in [0.1, 0.15) is 21.7 Å². The summed E-state index contributed by atoms with van der Waals surface area (Å²) < 4.78 is 5.00. The van der Waals surface area contributed by atoms with Gasteiger partial charge < -0.3 is 20.1 Å². The highest BCUT2D eigenvalue weighted by molar-refractivity contribution is 6.06. The molecule has 0 aliphatic heterocycles. The molecule has 0 saturated heterocycles. The molecule has 1 amide bonds. The second kappa shape index (κ2) is 5.25. The number of carbonyl (C=O) groups is 2. The number of carbonyl (C=O) groups excluding carboxylic acids is 1. The van der Waals surface area contributed by atoms with Crippen LogP contribution in [-0.2, 0) is 4.79 Å². The summed E-state index contributed by atoms with van der Waals surface area (Å²) in [6.07, 6.45) is -1.65. The summed E-state index contributed by atoms with van der Waals surface area (Å²) in [5.41, 5.74) is 1.60. The minimum absolute atomic E-state index is 0.242. The van der Waals surface area contributed by atoms with Crippen molar-refractivity contribution in [2.75, 3.05) is 6.54 Å². The molecule has 2 aromatic rings. The summed E-state index contributed by atoms with van der Waals surface area (Å²) in [6, 6.07) is 1.55. The molecule has 0 fully saturated rings. The van der Waals surface area contributed by atoms with Crippen molar-refractivity contribution in [2.24, 2.45) is 0 Å². The minimum atomic E-state index is -1.65. The van der Waals surface area contributed by atoms with E-state index in [0.29, 0.717) is 16.8 Å². The van der Waals surface area contributed by atoms with E-state index in [1.165, 1.54) is 0 Å². The molecule has 8 nitrogen and oxygen atoms in total. The number of aliphatic hydroxyl groups excluding tert-OH is 1. The van der Waals surface area contributed by atoms with Crippen LogP contribution in [0.3, 0.4) is 0 Å². The van der Waals surface area contributed by atoms with Gasteiger partial charge in [0.2, 0.25) is 0 Å². The van der Waals surface area contributed by atoms with Crippen molar-refractivity contribution in [3.8, 4) is 0 Å². The quantitative estimate of drug-likeness (QED) is 0.720. The number of aromatic nitrogens is 2. The van der Waals surface area contributed by atoms with Gasteiger partial charge in [0.15, 0.2) is 6.10 Å². The van der Waals surface area contributed by atoms with Gasteiger partial charge in [0.05, 0.1) is 23.2 Å². The number of pyridine rings is 1. The first-order valence-corrected chi connectivity index (χ1v) is 5.83. The Hall–Kier alpha value is -2.48. The fourth-order valence-electron chi connectivity index (χ4n) is 1.77. The van der Waals surface area contributed by atoms with E-state index < -0.39 is 18.0 Å². The lowest BCUT2D eigenvalue weighted by Gasteiger charge is -2.08. The number of amides is 1. The number of aliphatic carboxylic acids is 1. The highest BCUT2D eigenvalue weighted by atomic mass is 16.5. The van der Waals surface area contributed by atoms with E-state index in [-0.39, 0.29) is 17.8 Å². The molecule has 0 aliphatic carbocycles. The predicted molar refractivity (Wildman–Crippen MR) is 67.3 cm³/mol. The predicted octanol–water partition coefficient (Wildman–Crippen LogP) is 0.0149. The summed E-state index contributed by atoms with van der Waals surface area (Å²) >= 11 is 0. The zero-order valence-electron chi connectivity index (χ0n) is 10.9. The molecule has 0 aromatic carbocycles. The Balaban J connectivity index is 2.30. The van der Waals surface area contributed by atoms with E-state index >= 15 is 0 Å². The van der Waals surface area contributed by atoms with Crippen LogP contribution < -0.4 is 5.32 Å². The number of aliphatic hydroxyl groups is 1. The van der Waals surface area contributed by atoms with Crippen molar-refractivity contribution in [2.45, 2.75) is 20.0 Å². The van der Waals surface area contributed by atoms with Crippen molar-refractivity contribution < 1.29 is 24.3 Å². The Morgan fingerprint density at radius 3 is 2.80 bits per heavy atom. The number of aryl methyl sites for hydroxylation is 2. The first-order valence-electron chi connectivity index (χ1n) is 5.83. The second-order valence-corrected chi connectivity index (χ2v) is 4.32. The van der Waals surface area contributed by atoms with Crippen molar-refractivity contribution >= 4 is 23.0 Å². The number of rotatable bonds is 4. The number of carboxylic acids is 1. The summed E-state index contributed by atoms with van der Waals surface area (Å²) in [4.78, 5) is 26.7. The molecule has 0 bridgehead atoms. The van der Waals surface area contributed by atoms with E-state index in [9.17, 15) is 9.59 Å². The smallest absolute Gasteiger partial charge is 0.334 e. The van der Waals surface area contributed by atoms with Crippen LogP contribution in [0.5, 0.6) is 0 Å². The molecule has 2 heterocycles. The molecular formula is C12H13N3O5. The highest BCUT2D eigenvalue weighted by Gasteiger charge is 2.19. The van der Waals surface area contributed by atoms with Gasteiger partial charge in [-0.1, -0.05) is 5.16 Å². The Kier molecular flexibility index (Phi) is 3.66. The average molecular weight is 279 g/mol. The number of fused-ring (bicyclic) bond motifs is 1. The molecule has 0 spiro atoms. The number of hydrogen-bond donors (Lipinski definition) is 3. The lowest BCUT2D eigenvalue weighted by Crippen LogP contribution is -2.36. The largest absolute Gasteiger partial charge is 0.479 e. The lowest BCUT2D eigenvalue weighted by molar-refractivity contribution is -0.146. The van der Waals surface area contributed by atoms with Gasteiger partial charge in [-0.05, 0) is 19.9 Å². The molecular weight excluding hydrogens is 266 g/mol. The zero-order chi connectivity index (χ0) is 14.9.